The Morgan fingerprint density at radius 2 is 1.90 bits per heavy atom. The lowest BCUT2D eigenvalue weighted by molar-refractivity contribution is -0.154. The zero-order valence-corrected chi connectivity index (χ0v) is 12.1. The fourth-order valence-electron chi connectivity index (χ4n) is 3.68. The molecule has 0 unspecified atom stereocenters. The van der Waals surface area contributed by atoms with E-state index in [-0.39, 0.29) is 11.9 Å². The van der Waals surface area contributed by atoms with Gasteiger partial charge in [-0.15, -0.1) is 0 Å². The molecule has 1 aliphatic heterocycles. The van der Waals surface area contributed by atoms with Gasteiger partial charge in [0.05, 0.1) is 6.04 Å². The normalized spacial score (nSPS) is 26.1. The predicted octanol–water partition coefficient (Wildman–Crippen LogP) is 3.66. The van der Waals surface area contributed by atoms with Gasteiger partial charge in [0.1, 0.15) is 6.04 Å². The van der Waals surface area contributed by atoms with Gasteiger partial charge < -0.3 is 4.90 Å². The van der Waals surface area contributed by atoms with Crippen molar-refractivity contribution in [2.24, 2.45) is 11.0 Å². The first-order valence-corrected chi connectivity index (χ1v) is 7.70. The molecule has 2 aliphatic rings. The van der Waals surface area contributed by atoms with Gasteiger partial charge in [-0.2, -0.15) is 0 Å². The molecule has 2 atom stereocenters. The lowest BCUT2D eigenvalue weighted by Crippen LogP contribution is -2.66. The molecule has 1 aromatic carbocycles. The molecule has 21 heavy (non-hydrogen) atoms. The standard InChI is InChI=1S/C16H20N4O/c17-19-18-14-15(13-9-5-2-6-10-13)20(16(14)21)11-12-7-3-1-4-8-12/h1,3-4,7-8,13-15H,2,5-6,9-11H2/t14-,15-/m1/s1. The Morgan fingerprint density at radius 3 is 2.57 bits per heavy atom. The van der Waals surface area contributed by atoms with E-state index in [2.05, 4.69) is 10.0 Å². The SMILES string of the molecule is [N-]=[N+]=N[C@H]1C(=O)N(Cc2ccccc2)[C@@H]1C1CCCCC1. The first kappa shape index (κ1) is 14.0. The van der Waals surface area contributed by atoms with Crippen LogP contribution < -0.4 is 0 Å². The summed E-state index contributed by atoms with van der Waals surface area (Å²) in [6, 6.07) is 9.62. The minimum Gasteiger partial charge on any atom is -0.334 e. The molecule has 0 spiro atoms. The predicted molar refractivity (Wildman–Crippen MR) is 80.3 cm³/mol. The van der Waals surface area contributed by atoms with Crippen LogP contribution in [-0.4, -0.2) is 22.9 Å². The topological polar surface area (TPSA) is 69.1 Å². The average molecular weight is 284 g/mol. The summed E-state index contributed by atoms with van der Waals surface area (Å²) in [5.74, 6) is 0.461. The number of carbonyl (C=O) groups is 1. The second-order valence-electron chi connectivity index (χ2n) is 5.99. The van der Waals surface area contributed by atoms with Crippen LogP contribution in [0.25, 0.3) is 10.4 Å². The Balaban J connectivity index is 1.77. The van der Waals surface area contributed by atoms with Gasteiger partial charge in [-0.3, -0.25) is 4.79 Å². The van der Waals surface area contributed by atoms with Crippen LogP contribution in [0.2, 0.25) is 0 Å². The number of hydrogen-bond donors (Lipinski definition) is 0. The first-order valence-electron chi connectivity index (χ1n) is 7.70. The summed E-state index contributed by atoms with van der Waals surface area (Å²) in [5.41, 5.74) is 9.83. The van der Waals surface area contributed by atoms with Crippen LogP contribution in [0, 0.1) is 5.92 Å². The highest BCUT2D eigenvalue weighted by atomic mass is 16.2. The number of nitrogens with zero attached hydrogens (tertiary/aromatic N) is 4. The smallest absolute Gasteiger partial charge is 0.234 e. The molecule has 1 amide bonds. The molecule has 0 bridgehead atoms. The summed E-state index contributed by atoms with van der Waals surface area (Å²) in [6.07, 6.45) is 6.00. The maximum Gasteiger partial charge on any atom is 0.234 e. The van der Waals surface area contributed by atoms with Crippen molar-refractivity contribution < 1.29 is 4.79 Å². The molecule has 1 saturated carbocycles. The first-order chi connectivity index (χ1) is 10.3. The highest BCUT2D eigenvalue weighted by Crippen LogP contribution is 2.38. The van der Waals surface area contributed by atoms with E-state index in [9.17, 15) is 4.79 Å². The lowest BCUT2D eigenvalue weighted by Gasteiger charge is -2.50. The van der Waals surface area contributed by atoms with Gasteiger partial charge in [-0.1, -0.05) is 54.7 Å². The van der Waals surface area contributed by atoms with Gasteiger partial charge in [0, 0.05) is 11.5 Å². The van der Waals surface area contributed by atoms with Gasteiger partial charge in [0.2, 0.25) is 5.91 Å². The molecule has 2 fully saturated rings. The Bertz CT molecular complexity index is 547. The number of β-lactam (4-membered cyclic amide) rings is 1. The van der Waals surface area contributed by atoms with Crippen molar-refractivity contribution in [3.05, 3.63) is 46.3 Å². The fourth-order valence-corrected chi connectivity index (χ4v) is 3.68. The molecule has 3 rings (SSSR count). The van der Waals surface area contributed by atoms with Gasteiger partial charge in [0.25, 0.3) is 0 Å². The molecular weight excluding hydrogens is 264 g/mol. The number of azide groups is 1. The molecule has 1 saturated heterocycles. The van der Waals surface area contributed by atoms with Crippen LogP contribution in [0.1, 0.15) is 37.7 Å². The summed E-state index contributed by atoms with van der Waals surface area (Å²) in [6.45, 7) is 0.623. The Labute approximate surface area is 124 Å². The maximum atomic E-state index is 12.3. The van der Waals surface area contributed by atoms with Crippen LogP contribution in [-0.2, 0) is 11.3 Å². The third-order valence-corrected chi connectivity index (χ3v) is 4.72. The highest BCUT2D eigenvalue weighted by molar-refractivity contribution is 5.89. The maximum absolute atomic E-state index is 12.3. The fraction of sp³-hybridized carbons (Fsp3) is 0.562. The third kappa shape index (κ3) is 2.74. The van der Waals surface area contributed by atoms with E-state index in [1.54, 1.807) is 0 Å². The number of benzene rings is 1. The molecule has 0 N–H and O–H groups in total. The van der Waals surface area contributed by atoms with Gasteiger partial charge in [0.15, 0.2) is 0 Å². The second kappa shape index (κ2) is 6.19. The largest absolute Gasteiger partial charge is 0.334 e. The molecule has 110 valence electrons. The quantitative estimate of drug-likeness (QED) is 0.360. The van der Waals surface area contributed by atoms with Crippen LogP contribution in [0.4, 0.5) is 0 Å². The highest BCUT2D eigenvalue weighted by Gasteiger charge is 2.50. The molecule has 1 aromatic rings. The van der Waals surface area contributed by atoms with Crippen LogP contribution in [0.15, 0.2) is 35.4 Å². The summed E-state index contributed by atoms with van der Waals surface area (Å²) in [4.78, 5) is 17.0. The Hall–Kier alpha value is -2.00. The third-order valence-electron chi connectivity index (χ3n) is 4.72. The van der Waals surface area contributed by atoms with E-state index >= 15 is 0 Å². The van der Waals surface area contributed by atoms with Crippen LogP contribution >= 0.6 is 0 Å². The minimum atomic E-state index is -0.484. The van der Waals surface area contributed by atoms with Gasteiger partial charge in [-0.25, -0.2) is 0 Å². The van der Waals surface area contributed by atoms with E-state index in [4.69, 9.17) is 5.53 Å². The Kier molecular flexibility index (Phi) is 4.11. The molecule has 1 aliphatic carbocycles. The molecule has 1 heterocycles. The number of rotatable bonds is 4. The van der Waals surface area contributed by atoms with Crippen molar-refractivity contribution >= 4 is 5.91 Å². The van der Waals surface area contributed by atoms with Crippen molar-refractivity contribution in [1.29, 1.82) is 0 Å². The molecular formula is C16H20N4O. The lowest BCUT2D eigenvalue weighted by atomic mass is 9.76. The summed E-state index contributed by atoms with van der Waals surface area (Å²) in [7, 11) is 0. The van der Waals surface area contributed by atoms with Crippen molar-refractivity contribution in [2.45, 2.75) is 50.7 Å². The number of carbonyl (C=O) groups excluding carboxylic acids is 1. The van der Waals surface area contributed by atoms with Crippen LogP contribution in [0.5, 0.6) is 0 Å². The van der Waals surface area contributed by atoms with E-state index in [1.165, 1.54) is 19.3 Å². The molecule has 5 heteroatoms. The number of hydrogen-bond acceptors (Lipinski definition) is 2. The number of likely N-dealkylation sites (tertiary alicyclic amines) is 1. The summed E-state index contributed by atoms with van der Waals surface area (Å²) in [5, 5.41) is 3.75. The van der Waals surface area contributed by atoms with Gasteiger partial charge in [-0.05, 0) is 29.9 Å². The van der Waals surface area contributed by atoms with Gasteiger partial charge >= 0.3 is 0 Å². The average Bonchev–Trinajstić information content (AvgIpc) is 2.55. The monoisotopic (exact) mass is 284 g/mol. The van der Waals surface area contributed by atoms with E-state index in [1.807, 2.05) is 35.2 Å². The van der Waals surface area contributed by atoms with Crippen molar-refractivity contribution in [2.75, 3.05) is 0 Å². The molecule has 0 radical (unpaired) electrons. The Morgan fingerprint density at radius 1 is 1.19 bits per heavy atom. The van der Waals surface area contributed by atoms with Crippen molar-refractivity contribution in [1.82, 2.24) is 4.90 Å². The zero-order valence-electron chi connectivity index (χ0n) is 12.1. The summed E-state index contributed by atoms with van der Waals surface area (Å²) < 4.78 is 0. The second-order valence-corrected chi connectivity index (χ2v) is 5.99. The van der Waals surface area contributed by atoms with Crippen molar-refractivity contribution in [3.63, 3.8) is 0 Å². The minimum absolute atomic E-state index is 0.0211. The molecule has 0 aromatic heterocycles. The zero-order chi connectivity index (χ0) is 14.7. The van der Waals surface area contributed by atoms with E-state index in [0.717, 1.165) is 18.4 Å². The van der Waals surface area contributed by atoms with Crippen LogP contribution in [0.3, 0.4) is 0 Å². The summed E-state index contributed by atoms with van der Waals surface area (Å²) >= 11 is 0. The van der Waals surface area contributed by atoms with E-state index in [0.29, 0.717) is 12.5 Å². The van der Waals surface area contributed by atoms with E-state index < -0.39 is 6.04 Å². The van der Waals surface area contributed by atoms with Crippen molar-refractivity contribution in [3.8, 4) is 0 Å². The molecule has 5 nitrogen and oxygen atoms in total. The number of amides is 1.